The van der Waals surface area contributed by atoms with E-state index >= 15 is 0 Å². The maximum absolute atomic E-state index is 12.0. The molecule has 2 aliphatic heterocycles. The first-order valence-corrected chi connectivity index (χ1v) is 6.11. The number of halogens is 1. The van der Waals surface area contributed by atoms with Crippen LogP contribution in [0.25, 0.3) is 0 Å². The second-order valence-corrected chi connectivity index (χ2v) is 4.87. The van der Waals surface area contributed by atoms with Gasteiger partial charge >= 0.3 is 0 Å². The molecule has 2 aliphatic rings. The number of thioether (sulfide) groups is 1. The van der Waals surface area contributed by atoms with Crippen molar-refractivity contribution in [3.05, 3.63) is 0 Å². The maximum atomic E-state index is 12.0. The van der Waals surface area contributed by atoms with Crippen molar-refractivity contribution < 1.29 is 9.59 Å². The summed E-state index contributed by atoms with van der Waals surface area (Å²) in [7, 11) is 0. The molecule has 0 aromatic rings. The van der Waals surface area contributed by atoms with Gasteiger partial charge in [-0.3, -0.25) is 9.59 Å². The number of rotatable bonds is 1. The molecular weight excluding hydrogens is 250 g/mol. The molecule has 2 amide bonds. The van der Waals surface area contributed by atoms with Gasteiger partial charge in [-0.2, -0.15) is 0 Å². The van der Waals surface area contributed by atoms with Crippen LogP contribution in [0.4, 0.5) is 4.79 Å². The molecule has 5 nitrogen and oxygen atoms in total. The monoisotopic (exact) mass is 265 g/mol. The molecule has 2 N–H and O–H groups in total. The van der Waals surface area contributed by atoms with Gasteiger partial charge in [-0.25, -0.2) is 0 Å². The lowest BCUT2D eigenvalue weighted by molar-refractivity contribution is -0.135. The number of carbonyl (C=O) groups is 2. The lowest BCUT2D eigenvalue weighted by Gasteiger charge is -2.35. The molecule has 16 heavy (non-hydrogen) atoms. The van der Waals surface area contributed by atoms with Crippen molar-refractivity contribution in [2.24, 2.45) is 0 Å². The molecule has 0 aromatic carbocycles. The van der Waals surface area contributed by atoms with Crippen molar-refractivity contribution in [3.8, 4) is 0 Å². The first kappa shape index (κ1) is 13.6. The highest BCUT2D eigenvalue weighted by Crippen LogP contribution is 2.16. The van der Waals surface area contributed by atoms with Crippen LogP contribution in [-0.2, 0) is 4.79 Å². The third kappa shape index (κ3) is 2.81. The van der Waals surface area contributed by atoms with Crippen molar-refractivity contribution in [2.75, 3.05) is 25.4 Å². The average molecular weight is 266 g/mol. The molecule has 2 saturated heterocycles. The van der Waals surface area contributed by atoms with Gasteiger partial charge in [0.1, 0.15) is 6.04 Å². The van der Waals surface area contributed by atoms with Gasteiger partial charge < -0.3 is 15.5 Å². The van der Waals surface area contributed by atoms with Crippen LogP contribution in [0.2, 0.25) is 0 Å². The summed E-state index contributed by atoms with van der Waals surface area (Å²) >= 11 is 1.19. The maximum Gasteiger partial charge on any atom is 0.279 e. The minimum absolute atomic E-state index is 0. The lowest BCUT2D eigenvalue weighted by Crippen LogP contribution is -2.56. The van der Waals surface area contributed by atoms with E-state index in [9.17, 15) is 9.59 Å². The molecule has 7 heteroatoms. The number of amides is 2. The van der Waals surface area contributed by atoms with Crippen molar-refractivity contribution in [2.45, 2.75) is 19.0 Å². The minimum atomic E-state index is -0.317. The van der Waals surface area contributed by atoms with Gasteiger partial charge in [-0.15, -0.1) is 12.4 Å². The first-order valence-electron chi connectivity index (χ1n) is 5.13. The Morgan fingerprint density at radius 1 is 1.56 bits per heavy atom. The van der Waals surface area contributed by atoms with E-state index in [2.05, 4.69) is 10.6 Å². The van der Waals surface area contributed by atoms with E-state index < -0.39 is 0 Å². The lowest BCUT2D eigenvalue weighted by atomic mass is 10.2. The first-order chi connectivity index (χ1) is 7.18. The summed E-state index contributed by atoms with van der Waals surface area (Å²) < 4.78 is 0. The fourth-order valence-corrected chi connectivity index (χ4v) is 2.66. The molecule has 0 bridgehead atoms. The highest BCUT2D eigenvalue weighted by Gasteiger charge is 2.33. The topological polar surface area (TPSA) is 61.4 Å². The SMILES string of the molecule is C[C@@H]1CNCCN1C(=O)[C@@H]1CSC(=O)N1.Cl. The van der Waals surface area contributed by atoms with Crippen molar-refractivity contribution in [1.82, 2.24) is 15.5 Å². The summed E-state index contributed by atoms with van der Waals surface area (Å²) in [6, 6.07) is -0.100. The van der Waals surface area contributed by atoms with E-state index in [1.807, 2.05) is 11.8 Å². The van der Waals surface area contributed by atoms with Crippen LogP contribution >= 0.6 is 24.2 Å². The number of hydrogen-bond donors (Lipinski definition) is 2. The van der Waals surface area contributed by atoms with E-state index in [0.29, 0.717) is 5.75 Å². The third-order valence-corrected chi connectivity index (χ3v) is 3.64. The quantitative estimate of drug-likeness (QED) is 0.704. The smallest absolute Gasteiger partial charge is 0.279 e. The summed E-state index contributed by atoms with van der Waals surface area (Å²) in [5.74, 6) is 0.622. The van der Waals surface area contributed by atoms with Crippen molar-refractivity contribution in [1.29, 1.82) is 0 Å². The molecule has 2 heterocycles. The van der Waals surface area contributed by atoms with E-state index in [0.717, 1.165) is 19.6 Å². The van der Waals surface area contributed by atoms with Crippen molar-refractivity contribution in [3.63, 3.8) is 0 Å². The van der Waals surface area contributed by atoms with E-state index in [1.165, 1.54) is 11.8 Å². The van der Waals surface area contributed by atoms with Gasteiger partial charge in [-0.05, 0) is 6.92 Å². The van der Waals surface area contributed by atoms with Crippen LogP contribution in [0.5, 0.6) is 0 Å². The van der Waals surface area contributed by atoms with Gasteiger partial charge in [0.15, 0.2) is 0 Å². The zero-order valence-corrected chi connectivity index (χ0v) is 10.7. The summed E-state index contributed by atoms with van der Waals surface area (Å²) in [6.45, 7) is 4.43. The Labute approximate surface area is 105 Å². The van der Waals surface area contributed by atoms with E-state index in [4.69, 9.17) is 0 Å². The van der Waals surface area contributed by atoms with E-state index in [1.54, 1.807) is 0 Å². The molecule has 0 spiro atoms. The van der Waals surface area contributed by atoms with Gasteiger partial charge in [0, 0.05) is 31.4 Å². The molecule has 2 fully saturated rings. The Kier molecular flexibility index (Phi) is 4.89. The number of hydrogen-bond acceptors (Lipinski definition) is 4. The van der Waals surface area contributed by atoms with Crippen LogP contribution in [0, 0.1) is 0 Å². The van der Waals surface area contributed by atoms with Crippen LogP contribution < -0.4 is 10.6 Å². The second-order valence-electron chi connectivity index (χ2n) is 3.88. The number of piperazine rings is 1. The summed E-state index contributed by atoms with van der Waals surface area (Å²) in [5, 5.41) is 5.83. The van der Waals surface area contributed by atoms with Crippen LogP contribution in [-0.4, -0.2) is 53.5 Å². The van der Waals surface area contributed by atoms with Gasteiger partial charge in [-0.1, -0.05) is 11.8 Å². The van der Waals surface area contributed by atoms with Crippen LogP contribution in [0.3, 0.4) is 0 Å². The van der Waals surface area contributed by atoms with E-state index in [-0.39, 0.29) is 35.6 Å². The molecule has 92 valence electrons. The fraction of sp³-hybridized carbons (Fsp3) is 0.778. The fourth-order valence-electron chi connectivity index (χ4n) is 1.89. The second kappa shape index (κ2) is 5.75. The Hall–Kier alpha value is -0.460. The normalized spacial score (nSPS) is 29.6. The number of nitrogens with one attached hydrogen (secondary N) is 2. The predicted octanol–water partition coefficient (Wildman–Crippen LogP) is 0.0535. The highest BCUT2D eigenvalue weighted by molar-refractivity contribution is 8.14. The summed E-state index contributed by atoms with van der Waals surface area (Å²) in [5.41, 5.74) is 0. The zero-order valence-electron chi connectivity index (χ0n) is 9.06. The molecular formula is C9H16ClN3O2S. The highest BCUT2D eigenvalue weighted by atomic mass is 35.5. The Bertz CT molecular complexity index is 290. The molecule has 0 radical (unpaired) electrons. The van der Waals surface area contributed by atoms with Crippen LogP contribution in [0.1, 0.15) is 6.92 Å². The molecule has 0 aliphatic carbocycles. The Balaban J connectivity index is 0.00000128. The van der Waals surface area contributed by atoms with Gasteiger partial charge in [0.25, 0.3) is 5.24 Å². The zero-order chi connectivity index (χ0) is 10.8. The van der Waals surface area contributed by atoms with Crippen molar-refractivity contribution >= 4 is 35.3 Å². The Morgan fingerprint density at radius 2 is 2.31 bits per heavy atom. The summed E-state index contributed by atoms with van der Waals surface area (Å²) in [6.07, 6.45) is 0. The predicted molar refractivity (Wildman–Crippen MR) is 66.1 cm³/mol. The molecule has 2 atom stereocenters. The van der Waals surface area contributed by atoms with Gasteiger partial charge in [0.05, 0.1) is 0 Å². The summed E-state index contributed by atoms with van der Waals surface area (Å²) in [4.78, 5) is 24.9. The number of nitrogens with zero attached hydrogens (tertiary/aromatic N) is 1. The molecule has 2 rings (SSSR count). The standard InChI is InChI=1S/C9H15N3O2S.ClH/c1-6-4-10-2-3-12(6)8(13)7-5-15-9(14)11-7;/h6-7,10H,2-5H2,1H3,(H,11,14);1H/t6-,7+;/m1./s1. The third-order valence-electron chi connectivity index (χ3n) is 2.76. The molecule has 0 unspecified atom stereocenters. The largest absolute Gasteiger partial charge is 0.336 e. The van der Waals surface area contributed by atoms with Crippen LogP contribution in [0.15, 0.2) is 0 Å². The van der Waals surface area contributed by atoms with Gasteiger partial charge in [0.2, 0.25) is 5.91 Å². The number of carbonyl (C=O) groups excluding carboxylic acids is 2. The Morgan fingerprint density at radius 3 is 2.88 bits per heavy atom. The minimum Gasteiger partial charge on any atom is -0.336 e. The molecule has 0 aromatic heterocycles. The molecule has 0 saturated carbocycles. The average Bonchev–Trinajstić information content (AvgIpc) is 2.65.